The van der Waals surface area contributed by atoms with Gasteiger partial charge in [-0.1, -0.05) is 18.7 Å². The molecule has 86 valence electrons. The summed E-state index contributed by atoms with van der Waals surface area (Å²) in [6.45, 7) is 6.14. The van der Waals surface area contributed by atoms with E-state index in [-0.39, 0.29) is 6.42 Å². The maximum atomic E-state index is 10.4. The van der Waals surface area contributed by atoms with Crippen LogP contribution in [0.5, 0.6) is 5.75 Å². The summed E-state index contributed by atoms with van der Waals surface area (Å²) in [6.07, 6.45) is 0.670. The van der Waals surface area contributed by atoms with Crippen molar-refractivity contribution in [2.75, 3.05) is 6.61 Å². The molecular weight excluding hydrogens is 204 g/mol. The molecule has 0 saturated carbocycles. The van der Waals surface area contributed by atoms with Crippen molar-refractivity contribution in [3.05, 3.63) is 42.0 Å². The number of hydrogen-bond acceptors (Lipinski definition) is 2. The van der Waals surface area contributed by atoms with E-state index in [0.29, 0.717) is 13.0 Å². The predicted octanol–water partition coefficient (Wildman–Crippen LogP) is 2.66. The van der Waals surface area contributed by atoms with Gasteiger partial charge in [0.2, 0.25) is 0 Å². The highest BCUT2D eigenvalue weighted by Crippen LogP contribution is 2.15. The molecule has 0 fully saturated rings. The Kier molecular flexibility index (Phi) is 4.58. The third-order valence-electron chi connectivity index (χ3n) is 2.01. The number of carboxylic acid groups (broad SMARTS) is 1. The molecule has 1 aromatic carbocycles. The number of carboxylic acids is 1. The summed E-state index contributed by atoms with van der Waals surface area (Å²) < 4.78 is 5.47. The van der Waals surface area contributed by atoms with Crippen molar-refractivity contribution in [2.24, 2.45) is 0 Å². The standard InChI is InChI=1S/C13H16O3/c1-10(2)9-16-12-5-3-4-11(8-12)6-7-13(14)15/h3-5,8H,1,6-7,9H2,2H3,(H,14,15). The maximum Gasteiger partial charge on any atom is 0.303 e. The van der Waals surface area contributed by atoms with Gasteiger partial charge in [0.1, 0.15) is 12.4 Å². The number of aryl methyl sites for hydroxylation is 1. The van der Waals surface area contributed by atoms with Gasteiger partial charge >= 0.3 is 5.97 Å². The van der Waals surface area contributed by atoms with Crippen molar-refractivity contribution in [2.45, 2.75) is 19.8 Å². The van der Waals surface area contributed by atoms with Crippen LogP contribution in [0.2, 0.25) is 0 Å². The topological polar surface area (TPSA) is 46.5 Å². The monoisotopic (exact) mass is 220 g/mol. The van der Waals surface area contributed by atoms with Gasteiger partial charge in [-0.15, -0.1) is 0 Å². The predicted molar refractivity (Wildman–Crippen MR) is 62.7 cm³/mol. The van der Waals surface area contributed by atoms with E-state index < -0.39 is 5.97 Å². The van der Waals surface area contributed by atoms with Crippen LogP contribution in [-0.2, 0) is 11.2 Å². The van der Waals surface area contributed by atoms with Gasteiger partial charge in [-0.25, -0.2) is 0 Å². The first-order valence-corrected chi connectivity index (χ1v) is 5.16. The normalized spacial score (nSPS) is 9.81. The van der Waals surface area contributed by atoms with Crippen molar-refractivity contribution in [1.29, 1.82) is 0 Å². The number of aliphatic carboxylic acids is 1. The first kappa shape index (κ1) is 12.3. The van der Waals surface area contributed by atoms with E-state index in [4.69, 9.17) is 9.84 Å². The van der Waals surface area contributed by atoms with E-state index in [2.05, 4.69) is 6.58 Å². The number of carbonyl (C=O) groups is 1. The lowest BCUT2D eigenvalue weighted by molar-refractivity contribution is -0.136. The number of ether oxygens (including phenoxy) is 1. The summed E-state index contributed by atoms with van der Waals surface area (Å²) in [5.74, 6) is -0.0286. The molecule has 0 amide bonds. The summed E-state index contributed by atoms with van der Waals surface area (Å²) in [7, 11) is 0. The highest BCUT2D eigenvalue weighted by molar-refractivity contribution is 5.67. The van der Waals surface area contributed by atoms with Crippen molar-refractivity contribution in [3.63, 3.8) is 0 Å². The lowest BCUT2D eigenvalue weighted by Gasteiger charge is -2.07. The summed E-state index contributed by atoms with van der Waals surface area (Å²) >= 11 is 0. The molecule has 3 heteroatoms. The average Bonchev–Trinajstić information content (AvgIpc) is 2.24. The Hall–Kier alpha value is -1.77. The Morgan fingerprint density at radius 3 is 2.88 bits per heavy atom. The van der Waals surface area contributed by atoms with Crippen LogP contribution in [0.4, 0.5) is 0 Å². The first-order chi connectivity index (χ1) is 7.58. The fraction of sp³-hybridized carbons (Fsp3) is 0.308. The smallest absolute Gasteiger partial charge is 0.303 e. The van der Waals surface area contributed by atoms with Gasteiger partial charge in [0.15, 0.2) is 0 Å². The van der Waals surface area contributed by atoms with Crippen LogP contribution >= 0.6 is 0 Å². The molecule has 0 aliphatic heterocycles. The Balaban J connectivity index is 2.56. The Bertz CT molecular complexity index is 349. The van der Waals surface area contributed by atoms with Crippen LogP contribution in [0.25, 0.3) is 0 Å². The molecule has 1 N–H and O–H groups in total. The van der Waals surface area contributed by atoms with Gasteiger partial charge < -0.3 is 9.84 Å². The molecule has 0 atom stereocenters. The second-order valence-corrected chi connectivity index (χ2v) is 3.79. The molecule has 0 unspecified atom stereocenters. The quantitative estimate of drug-likeness (QED) is 0.750. The third-order valence-corrected chi connectivity index (χ3v) is 2.01. The van der Waals surface area contributed by atoms with Crippen molar-refractivity contribution >= 4 is 5.97 Å². The summed E-state index contributed by atoms with van der Waals surface area (Å²) in [5, 5.41) is 8.58. The third kappa shape index (κ3) is 4.64. The second kappa shape index (κ2) is 5.95. The van der Waals surface area contributed by atoms with Gasteiger partial charge in [0.05, 0.1) is 0 Å². The SMILES string of the molecule is C=C(C)COc1cccc(CCC(=O)O)c1. The molecule has 16 heavy (non-hydrogen) atoms. The van der Waals surface area contributed by atoms with E-state index in [1.165, 1.54) is 0 Å². The van der Waals surface area contributed by atoms with E-state index in [1.54, 1.807) is 0 Å². The fourth-order valence-corrected chi connectivity index (χ4v) is 1.25. The largest absolute Gasteiger partial charge is 0.489 e. The average molecular weight is 220 g/mol. The lowest BCUT2D eigenvalue weighted by Crippen LogP contribution is -2.00. The zero-order chi connectivity index (χ0) is 12.0. The van der Waals surface area contributed by atoms with Crippen LogP contribution < -0.4 is 4.74 Å². The minimum atomic E-state index is -0.784. The van der Waals surface area contributed by atoms with Gasteiger partial charge in [-0.3, -0.25) is 4.79 Å². The highest BCUT2D eigenvalue weighted by atomic mass is 16.5. The molecule has 0 bridgehead atoms. The van der Waals surface area contributed by atoms with E-state index >= 15 is 0 Å². The number of benzene rings is 1. The second-order valence-electron chi connectivity index (χ2n) is 3.79. The summed E-state index contributed by atoms with van der Waals surface area (Å²) in [5.41, 5.74) is 1.93. The van der Waals surface area contributed by atoms with Gasteiger partial charge in [0, 0.05) is 6.42 Å². The van der Waals surface area contributed by atoms with Crippen molar-refractivity contribution in [1.82, 2.24) is 0 Å². The zero-order valence-electron chi connectivity index (χ0n) is 9.40. The first-order valence-electron chi connectivity index (χ1n) is 5.16. The maximum absolute atomic E-state index is 10.4. The molecule has 0 radical (unpaired) electrons. The molecule has 0 heterocycles. The molecule has 0 saturated heterocycles. The lowest BCUT2D eigenvalue weighted by atomic mass is 10.1. The molecular formula is C13H16O3. The van der Waals surface area contributed by atoms with E-state index in [1.807, 2.05) is 31.2 Å². The van der Waals surface area contributed by atoms with Crippen LogP contribution in [0.15, 0.2) is 36.4 Å². The van der Waals surface area contributed by atoms with Crippen molar-refractivity contribution < 1.29 is 14.6 Å². The summed E-state index contributed by atoms with van der Waals surface area (Å²) in [4.78, 5) is 10.4. The van der Waals surface area contributed by atoms with Crippen molar-refractivity contribution in [3.8, 4) is 5.75 Å². The number of hydrogen-bond donors (Lipinski definition) is 1. The molecule has 0 spiro atoms. The zero-order valence-corrected chi connectivity index (χ0v) is 9.40. The minimum Gasteiger partial charge on any atom is -0.489 e. The molecule has 0 aliphatic rings. The van der Waals surface area contributed by atoms with Gasteiger partial charge in [-0.2, -0.15) is 0 Å². The highest BCUT2D eigenvalue weighted by Gasteiger charge is 2.01. The van der Waals surface area contributed by atoms with Gasteiger partial charge in [-0.05, 0) is 36.6 Å². The molecule has 1 rings (SSSR count). The van der Waals surface area contributed by atoms with E-state index in [0.717, 1.165) is 16.9 Å². The van der Waals surface area contributed by atoms with Crippen LogP contribution in [0.1, 0.15) is 18.9 Å². The van der Waals surface area contributed by atoms with E-state index in [9.17, 15) is 4.79 Å². The molecule has 3 nitrogen and oxygen atoms in total. The molecule has 0 aromatic heterocycles. The van der Waals surface area contributed by atoms with Crippen LogP contribution in [-0.4, -0.2) is 17.7 Å². The fourth-order valence-electron chi connectivity index (χ4n) is 1.25. The molecule has 0 aliphatic carbocycles. The minimum absolute atomic E-state index is 0.143. The summed E-state index contributed by atoms with van der Waals surface area (Å²) in [6, 6.07) is 7.49. The number of rotatable bonds is 6. The Morgan fingerprint density at radius 1 is 1.50 bits per heavy atom. The van der Waals surface area contributed by atoms with Crippen LogP contribution in [0.3, 0.4) is 0 Å². The Morgan fingerprint density at radius 2 is 2.25 bits per heavy atom. The molecule has 1 aromatic rings. The Labute approximate surface area is 95.4 Å². The van der Waals surface area contributed by atoms with Crippen LogP contribution in [0, 0.1) is 0 Å². The van der Waals surface area contributed by atoms with Gasteiger partial charge in [0.25, 0.3) is 0 Å².